The fourth-order valence-electron chi connectivity index (χ4n) is 6.53. The summed E-state index contributed by atoms with van der Waals surface area (Å²) in [5, 5.41) is 0.0469. The van der Waals surface area contributed by atoms with Crippen LogP contribution < -0.4 is 4.74 Å². The van der Waals surface area contributed by atoms with E-state index >= 15 is 0 Å². The van der Waals surface area contributed by atoms with Gasteiger partial charge < -0.3 is 4.74 Å². The zero-order valence-corrected chi connectivity index (χ0v) is 18.8. The van der Waals surface area contributed by atoms with E-state index in [1.165, 1.54) is 57.1 Å². The number of benzene rings is 1. The van der Waals surface area contributed by atoms with Crippen molar-refractivity contribution in [2.75, 3.05) is 0 Å². The molecular formula is C26H34ClFO2. The molecule has 0 saturated heterocycles. The van der Waals surface area contributed by atoms with Crippen LogP contribution in [0.25, 0.3) is 0 Å². The Bertz CT molecular complexity index is 768. The normalized spacial score (nSPS) is 34.5. The van der Waals surface area contributed by atoms with E-state index in [1.807, 2.05) is 0 Å². The fraction of sp³-hybridized carbons (Fsp3) is 0.654. The topological polar surface area (TPSA) is 26.3 Å². The van der Waals surface area contributed by atoms with Gasteiger partial charge in [-0.3, -0.25) is 4.79 Å². The largest absolute Gasteiger partial charge is 0.426 e. The van der Waals surface area contributed by atoms with E-state index in [0.717, 1.165) is 37.0 Å². The number of halogens is 2. The van der Waals surface area contributed by atoms with Crippen LogP contribution in [-0.2, 0) is 4.79 Å². The fourth-order valence-corrected chi connectivity index (χ4v) is 6.65. The highest BCUT2D eigenvalue weighted by molar-refractivity contribution is 6.30. The third-order valence-electron chi connectivity index (χ3n) is 8.05. The molecule has 0 aliphatic heterocycles. The highest BCUT2D eigenvalue weighted by Crippen LogP contribution is 2.50. The summed E-state index contributed by atoms with van der Waals surface area (Å²) in [5.41, 5.74) is 0. The summed E-state index contributed by atoms with van der Waals surface area (Å²) in [6.07, 6.45) is 16.9. The Labute approximate surface area is 185 Å². The number of hydrogen-bond donors (Lipinski definition) is 0. The van der Waals surface area contributed by atoms with Gasteiger partial charge in [0.05, 0.1) is 10.9 Å². The summed E-state index contributed by atoms with van der Waals surface area (Å²) in [6.45, 7) is 2.13. The average molecular weight is 433 g/mol. The van der Waals surface area contributed by atoms with Crippen molar-refractivity contribution in [3.8, 4) is 5.75 Å². The average Bonchev–Trinajstić information content (AvgIpc) is 2.76. The maximum atomic E-state index is 13.7. The first-order valence-corrected chi connectivity index (χ1v) is 12.2. The number of esters is 1. The second kappa shape index (κ2) is 9.85. The monoisotopic (exact) mass is 432 g/mol. The van der Waals surface area contributed by atoms with Gasteiger partial charge in [-0.15, -0.1) is 0 Å². The molecule has 0 amide bonds. The maximum absolute atomic E-state index is 13.7. The lowest BCUT2D eigenvalue weighted by Crippen LogP contribution is -2.40. The van der Waals surface area contributed by atoms with Crippen LogP contribution in [0.3, 0.4) is 0 Å². The quantitative estimate of drug-likeness (QED) is 0.278. The smallest absolute Gasteiger partial charge is 0.314 e. The molecule has 0 heterocycles. The Hall–Kier alpha value is -1.35. The number of carbonyl (C=O) groups excluding carboxylic acids is 1. The minimum atomic E-state index is -0.548. The zero-order chi connectivity index (χ0) is 21.1. The standard InChI is InChI=1S/C26H34ClFO2/c1-2-4-17-7-9-18(10-8-17)19-11-13-22-20(15-19)5-3-6-23(22)26(29)30-21-12-14-24(27)25(28)16-21/h2,4,12,14,16-20,22-23H,3,5-11,13,15H2,1H3/b4-2+. The van der Waals surface area contributed by atoms with Crippen molar-refractivity contribution in [3.05, 3.63) is 41.2 Å². The van der Waals surface area contributed by atoms with Gasteiger partial charge in [0.2, 0.25) is 0 Å². The van der Waals surface area contributed by atoms with Crippen LogP contribution in [0.15, 0.2) is 30.4 Å². The number of allylic oxidation sites excluding steroid dienone is 2. The Morgan fingerprint density at radius 3 is 2.53 bits per heavy atom. The first kappa shape index (κ1) is 21.9. The van der Waals surface area contributed by atoms with Gasteiger partial charge in [-0.25, -0.2) is 4.39 Å². The maximum Gasteiger partial charge on any atom is 0.314 e. The lowest BCUT2D eigenvalue weighted by Gasteiger charge is -2.45. The molecule has 3 fully saturated rings. The summed E-state index contributed by atoms with van der Waals surface area (Å²) in [7, 11) is 0. The van der Waals surface area contributed by atoms with E-state index in [9.17, 15) is 9.18 Å². The first-order valence-electron chi connectivity index (χ1n) is 11.8. The van der Waals surface area contributed by atoms with Gasteiger partial charge in [0.25, 0.3) is 0 Å². The highest BCUT2D eigenvalue weighted by Gasteiger charge is 2.43. The molecule has 164 valence electrons. The van der Waals surface area contributed by atoms with Crippen LogP contribution in [0.1, 0.15) is 71.1 Å². The predicted octanol–water partition coefficient (Wildman–Crippen LogP) is 7.60. The van der Waals surface area contributed by atoms with E-state index in [1.54, 1.807) is 6.07 Å². The third-order valence-corrected chi connectivity index (χ3v) is 8.36. The number of hydrogen-bond acceptors (Lipinski definition) is 2. The Morgan fingerprint density at radius 1 is 1.03 bits per heavy atom. The van der Waals surface area contributed by atoms with Crippen molar-refractivity contribution in [2.45, 2.75) is 71.1 Å². The number of carbonyl (C=O) groups is 1. The Kier molecular flexibility index (Phi) is 7.18. The molecule has 4 rings (SSSR count). The SMILES string of the molecule is C/C=C/C1CCC(C2CCC3C(CCCC3C(=O)Oc3ccc(Cl)c(F)c3)C2)CC1. The lowest BCUT2D eigenvalue weighted by atomic mass is 9.59. The van der Waals surface area contributed by atoms with Crippen LogP contribution in [0.4, 0.5) is 4.39 Å². The van der Waals surface area contributed by atoms with Gasteiger partial charge >= 0.3 is 5.97 Å². The van der Waals surface area contributed by atoms with Gasteiger partial charge in [-0.05, 0) is 100 Å². The molecule has 4 heteroatoms. The molecule has 0 spiro atoms. The third kappa shape index (κ3) is 4.93. The molecular weight excluding hydrogens is 399 g/mol. The van der Waals surface area contributed by atoms with Gasteiger partial charge in [0.15, 0.2) is 0 Å². The Balaban J connectivity index is 1.34. The van der Waals surface area contributed by atoms with E-state index in [-0.39, 0.29) is 22.7 Å². The lowest BCUT2D eigenvalue weighted by molar-refractivity contribution is -0.144. The molecule has 2 nitrogen and oxygen atoms in total. The Morgan fingerprint density at radius 2 is 1.80 bits per heavy atom. The predicted molar refractivity (Wildman–Crippen MR) is 119 cm³/mol. The molecule has 0 bridgehead atoms. The molecule has 3 aliphatic rings. The van der Waals surface area contributed by atoms with Gasteiger partial charge in [-0.1, -0.05) is 36.6 Å². The van der Waals surface area contributed by atoms with E-state index in [2.05, 4.69) is 19.1 Å². The number of ether oxygens (including phenoxy) is 1. The molecule has 1 aromatic rings. The summed E-state index contributed by atoms with van der Waals surface area (Å²) in [4.78, 5) is 12.9. The molecule has 4 atom stereocenters. The van der Waals surface area contributed by atoms with Gasteiger partial charge in [0, 0.05) is 6.07 Å². The minimum absolute atomic E-state index is 0.0469. The number of fused-ring (bicyclic) bond motifs is 1. The second-order valence-electron chi connectivity index (χ2n) is 9.73. The van der Waals surface area contributed by atoms with Crippen molar-refractivity contribution >= 4 is 17.6 Å². The second-order valence-corrected chi connectivity index (χ2v) is 10.1. The first-order chi connectivity index (χ1) is 14.5. The van der Waals surface area contributed by atoms with Crippen molar-refractivity contribution in [3.63, 3.8) is 0 Å². The van der Waals surface area contributed by atoms with Gasteiger partial charge in [0.1, 0.15) is 11.6 Å². The molecule has 0 aromatic heterocycles. The van der Waals surface area contributed by atoms with Crippen molar-refractivity contribution < 1.29 is 13.9 Å². The van der Waals surface area contributed by atoms with Crippen LogP contribution >= 0.6 is 11.6 Å². The summed E-state index contributed by atoms with van der Waals surface area (Å²) in [6, 6.07) is 4.23. The van der Waals surface area contributed by atoms with Crippen LogP contribution in [0.2, 0.25) is 5.02 Å². The molecule has 0 radical (unpaired) electrons. The van der Waals surface area contributed by atoms with Crippen molar-refractivity contribution in [1.82, 2.24) is 0 Å². The highest BCUT2D eigenvalue weighted by atomic mass is 35.5. The molecule has 30 heavy (non-hydrogen) atoms. The summed E-state index contributed by atoms with van der Waals surface area (Å²) >= 11 is 5.74. The van der Waals surface area contributed by atoms with Crippen LogP contribution in [-0.4, -0.2) is 5.97 Å². The number of rotatable bonds is 4. The molecule has 3 aliphatic carbocycles. The van der Waals surface area contributed by atoms with Crippen molar-refractivity contribution in [2.24, 2.45) is 35.5 Å². The molecule has 1 aromatic carbocycles. The molecule has 4 unspecified atom stereocenters. The minimum Gasteiger partial charge on any atom is -0.426 e. The van der Waals surface area contributed by atoms with E-state index in [4.69, 9.17) is 16.3 Å². The van der Waals surface area contributed by atoms with E-state index < -0.39 is 5.82 Å². The summed E-state index contributed by atoms with van der Waals surface area (Å²) < 4.78 is 19.3. The van der Waals surface area contributed by atoms with Crippen LogP contribution in [0, 0.1) is 41.3 Å². The zero-order valence-electron chi connectivity index (χ0n) is 18.0. The van der Waals surface area contributed by atoms with Gasteiger partial charge in [-0.2, -0.15) is 0 Å². The molecule has 0 N–H and O–H groups in total. The summed E-state index contributed by atoms with van der Waals surface area (Å²) in [5.74, 6) is 3.04. The van der Waals surface area contributed by atoms with Crippen molar-refractivity contribution in [1.29, 1.82) is 0 Å². The van der Waals surface area contributed by atoms with Crippen LogP contribution in [0.5, 0.6) is 5.75 Å². The molecule has 3 saturated carbocycles. The van der Waals surface area contributed by atoms with E-state index in [0.29, 0.717) is 11.8 Å².